The van der Waals surface area contributed by atoms with Crippen LogP contribution in [0.5, 0.6) is 0 Å². The molecule has 0 aliphatic rings. The standard InChI is InChI=1S/C9H16N2OS/c1-6(2)9(12)8(10)3-7-4-11-5-13-7/h4-6,8-9,12H,3,10H2,1-2H3. The lowest BCUT2D eigenvalue weighted by Gasteiger charge is -2.21. The van der Waals surface area contributed by atoms with Gasteiger partial charge in [0, 0.05) is 23.5 Å². The second kappa shape index (κ2) is 4.69. The summed E-state index contributed by atoms with van der Waals surface area (Å²) in [5.41, 5.74) is 7.62. The molecule has 0 amide bonds. The van der Waals surface area contributed by atoms with Crippen LogP contribution in [-0.4, -0.2) is 22.2 Å². The molecule has 0 aliphatic carbocycles. The molecule has 4 heteroatoms. The third-order valence-corrected chi connectivity index (χ3v) is 2.84. The summed E-state index contributed by atoms with van der Waals surface area (Å²) in [5, 5.41) is 9.65. The molecule has 74 valence electrons. The molecule has 0 aromatic carbocycles. The summed E-state index contributed by atoms with van der Waals surface area (Å²) in [6, 6.07) is -0.180. The fourth-order valence-corrected chi connectivity index (χ4v) is 1.86. The predicted octanol–water partition coefficient (Wildman–Crippen LogP) is 1.03. The van der Waals surface area contributed by atoms with Crippen molar-refractivity contribution < 1.29 is 5.11 Å². The van der Waals surface area contributed by atoms with Gasteiger partial charge in [-0.2, -0.15) is 0 Å². The second-order valence-corrected chi connectivity index (χ2v) is 4.54. The average molecular weight is 200 g/mol. The number of hydrogen-bond acceptors (Lipinski definition) is 4. The van der Waals surface area contributed by atoms with Gasteiger partial charge in [0.1, 0.15) is 0 Å². The van der Waals surface area contributed by atoms with Crippen LogP contribution in [-0.2, 0) is 6.42 Å². The first-order chi connectivity index (χ1) is 6.11. The van der Waals surface area contributed by atoms with Crippen LogP contribution in [0.3, 0.4) is 0 Å². The highest BCUT2D eigenvalue weighted by atomic mass is 32.1. The Balaban J connectivity index is 2.45. The largest absolute Gasteiger partial charge is 0.391 e. The first-order valence-electron chi connectivity index (χ1n) is 4.42. The van der Waals surface area contributed by atoms with Crippen molar-refractivity contribution in [3.63, 3.8) is 0 Å². The van der Waals surface area contributed by atoms with Gasteiger partial charge in [-0.15, -0.1) is 11.3 Å². The Morgan fingerprint density at radius 3 is 2.77 bits per heavy atom. The van der Waals surface area contributed by atoms with Gasteiger partial charge in [0.05, 0.1) is 11.6 Å². The lowest BCUT2D eigenvalue weighted by molar-refractivity contribution is 0.0981. The van der Waals surface area contributed by atoms with Gasteiger partial charge in [0.25, 0.3) is 0 Å². The third-order valence-electron chi connectivity index (χ3n) is 2.04. The number of aliphatic hydroxyl groups excluding tert-OH is 1. The van der Waals surface area contributed by atoms with Crippen LogP contribution >= 0.6 is 11.3 Å². The SMILES string of the molecule is CC(C)C(O)C(N)Cc1cncs1. The van der Waals surface area contributed by atoms with E-state index in [-0.39, 0.29) is 12.0 Å². The molecular weight excluding hydrogens is 184 g/mol. The Kier molecular flexibility index (Phi) is 3.84. The molecule has 13 heavy (non-hydrogen) atoms. The van der Waals surface area contributed by atoms with Gasteiger partial charge in [-0.3, -0.25) is 4.98 Å². The lowest BCUT2D eigenvalue weighted by Crippen LogP contribution is -2.39. The van der Waals surface area contributed by atoms with Crippen LogP contribution < -0.4 is 5.73 Å². The van der Waals surface area contributed by atoms with E-state index in [9.17, 15) is 5.11 Å². The van der Waals surface area contributed by atoms with E-state index >= 15 is 0 Å². The highest BCUT2D eigenvalue weighted by molar-refractivity contribution is 7.09. The Hall–Kier alpha value is -0.450. The van der Waals surface area contributed by atoms with E-state index in [0.29, 0.717) is 6.42 Å². The minimum atomic E-state index is -0.429. The molecule has 0 saturated heterocycles. The van der Waals surface area contributed by atoms with Crippen molar-refractivity contribution in [1.82, 2.24) is 4.98 Å². The van der Waals surface area contributed by atoms with Crippen LogP contribution in [0.25, 0.3) is 0 Å². The number of aromatic nitrogens is 1. The van der Waals surface area contributed by atoms with Crippen LogP contribution in [0.2, 0.25) is 0 Å². The van der Waals surface area contributed by atoms with Crippen molar-refractivity contribution in [2.24, 2.45) is 11.7 Å². The van der Waals surface area contributed by atoms with E-state index in [4.69, 9.17) is 5.73 Å². The maximum atomic E-state index is 9.65. The summed E-state index contributed by atoms with van der Waals surface area (Å²) in [4.78, 5) is 5.09. The lowest BCUT2D eigenvalue weighted by atomic mass is 9.98. The minimum Gasteiger partial charge on any atom is -0.391 e. The fraction of sp³-hybridized carbons (Fsp3) is 0.667. The Bertz CT molecular complexity index is 236. The Morgan fingerprint density at radius 1 is 1.62 bits per heavy atom. The average Bonchev–Trinajstić information content (AvgIpc) is 2.55. The molecule has 0 bridgehead atoms. The van der Waals surface area contributed by atoms with E-state index in [1.54, 1.807) is 23.0 Å². The van der Waals surface area contributed by atoms with Gasteiger partial charge >= 0.3 is 0 Å². The zero-order valence-corrected chi connectivity index (χ0v) is 8.79. The molecule has 1 aromatic rings. The van der Waals surface area contributed by atoms with Crippen LogP contribution in [0.4, 0.5) is 0 Å². The van der Waals surface area contributed by atoms with Crippen molar-refractivity contribution in [1.29, 1.82) is 0 Å². The maximum Gasteiger partial charge on any atom is 0.0794 e. The van der Waals surface area contributed by atoms with Crippen molar-refractivity contribution in [2.75, 3.05) is 0 Å². The first kappa shape index (κ1) is 10.6. The molecule has 0 radical (unpaired) electrons. The van der Waals surface area contributed by atoms with Gasteiger partial charge < -0.3 is 10.8 Å². The van der Waals surface area contributed by atoms with Crippen LogP contribution in [0, 0.1) is 5.92 Å². The number of nitrogens with two attached hydrogens (primary N) is 1. The topological polar surface area (TPSA) is 59.1 Å². The van der Waals surface area contributed by atoms with Gasteiger partial charge in [0.2, 0.25) is 0 Å². The summed E-state index contributed by atoms with van der Waals surface area (Å²) in [7, 11) is 0. The van der Waals surface area contributed by atoms with Gasteiger partial charge in [-0.1, -0.05) is 13.8 Å². The number of aliphatic hydroxyl groups is 1. The molecule has 1 rings (SSSR count). The summed E-state index contributed by atoms with van der Waals surface area (Å²) in [6.07, 6.45) is 2.09. The highest BCUT2D eigenvalue weighted by Gasteiger charge is 2.18. The predicted molar refractivity (Wildman–Crippen MR) is 54.6 cm³/mol. The number of rotatable bonds is 4. The normalized spacial score (nSPS) is 16.1. The van der Waals surface area contributed by atoms with Gasteiger partial charge in [-0.05, 0) is 5.92 Å². The number of nitrogens with zero attached hydrogens (tertiary/aromatic N) is 1. The molecular formula is C9H16N2OS. The quantitative estimate of drug-likeness (QED) is 0.763. The van der Waals surface area contributed by atoms with Gasteiger partial charge in [-0.25, -0.2) is 0 Å². The smallest absolute Gasteiger partial charge is 0.0794 e. The van der Waals surface area contributed by atoms with E-state index in [2.05, 4.69) is 4.98 Å². The van der Waals surface area contributed by atoms with Gasteiger partial charge in [0.15, 0.2) is 0 Å². The summed E-state index contributed by atoms with van der Waals surface area (Å²) in [6.45, 7) is 3.94. The molecule has 3 N–H and O–H groups in total. The zero-order valence-electron chi connectivity index (χ0n) is 7.97. The number of thiazole rings is 1. The Morgan fingerprint density at radius 2 is 2.31 bits per heavy atom. The molecule has 0 fully saturated rings. The zero-order chi connectivity index (χ0) is 9.84. The van der Waals surface area contributed by atoms with E-state index in [0.717, 1.165) is 4.88 Å². The minimum absolute atomic E-state index is 0.180. The summed E-state index contributed by atoms with van der Waals surface area (Å²) < 4.78 is 0. The first-order valence-corrected chi connectivity index (χ1v) is 5.30. The second-order valence-electron chi connectivity index (χ2n) is 3.57. The summed E-state index contributed by atoms with van der Waals surface area (Å²) in [5.74, 6) is 0.211. The van der Waals surface area contributed by atoms with Crippen molar-refractivity contribution in [3.05, 3.63) is 16.6 Å². The third kappa shape index (κ3) is 3.06. The van der Waals surface area contributed by atoms with E-state index < -0.39 is 6.10 Å². The van der Waals surface area contributed by atoms with Crippen LogP contribution in [0.15, 0.2) is 11.7 Å². The molecule has 0 saturated carbocycles. The monoisotopic (exact) mass is 200 g/mol. The van der Waals surface area contributed by atoms with Crippen molar-refractivity contribution >= 4 is 11.3 Å². The van der Waals surface area contributed by atoms with E-state index in [1.165, 1.54) is 0 Å². The highest BCUT2D eigenvalue weighted by Crippen LogP contribution is 2.12. The molecule has 1 aromatic heterocycles. The molecule has 3 nitrogen and oxygen atoms in total. The molecule has 2 atom stereocenters. The Labute approximate surface area is 82.6 Å². The fourth-order valence-electron chi connectivity index (χ4n) is 1.19. The maximum absolute atomic E-state index is 9.65. The summed E-state index contributed by atoms with van der Waals surface area (Å²) >= 11 is 1.58. The van der Waals surface area contributed by atoms with Crippen molar-refractivity contribution in [3.8, 4) is 0 Å². The van der Waals surface area contributed by atoms with Crippen molar-refractivity contribution in [2.45, 2.75) is 32.4 Å². The molecule has 1 heterocycles. The molecule has 0 aliphatic heterocycles. The molecule has 0 spiro atoms. The molecule has 2 unspecified atom stereocenters. The number of hydrogen-bond donors (Lipinski definition) is 2. The van der Waals surface area contributed by atoms with E-state index in [1.807, 2.05) is 13.8 Å². The van der Waals surface area contributed by atoms with Crippen LogP contribution in [0.1, 0.15) is 18.7 Å².